The van der Waals surface area contributed by atoms with E-state index in [1.165, 1.54) is 19.3 Å². The van der Waals surface area contributed by atoms with Gasteiger partial charge in [0.1, 0.15) is 0 Å². The Labute approximate surface area is 119 Å². The molecule has 2 aliphatic carbocycles. The van der Waals surface area contributed by atoms with Crippen molar-refractivity contribution in [1.82, 2.24) is 4.98 Å². The Bertz CT molecular complexity index is 502. The number of rotatable bonds is 3. The van der Waals surface area contributed by atoms with Crippen molar-refractivity contribution in [2.24, 2.45) is 11.3 Å². The van der Waals surface area contributed by atoms with Crippen LogP contribution in [-0.2, 0) is 6.42 Å². The fourth-order valence-corrected chi connectivity index (χ4v) is 4.00. The zero-order valence-corrected chi connectivity index (χ0v) is 12.8. The Morgan fingerprint density at radius 2 is 2.11 bits per heavy atom. The van der Waals surface area contributed by atoms with Gasteiger partial charge in [0.2, 0.25) is 0 Å². The summed E-state index contributed by atoms with van der Waals surface area (Å²) in [5, 5.41) is 1.03. The first-order chi connectivity index (χ1) is 8.94. The van der Waals surface area contributed by atoms with Crippen LogP contribution in [0.1, 0.15) is 54.9 Å². The monoisotopic (exact) mass is 278 g/mol. The first-order valence-electron chi connectivity index (χ1n) is 7.19. The second-order valence-electron chi connectivity index (χ2n) is 6.89. The fourth-order valence-electron chi connectivity index (χ4n) is 3.01. The van der Waals surface area contributed by atoms with E-state index < -0.39 is 0 Å². The van der Waals surface area contributed by atoms with E-state index in [4.69, 9.17) is 4.98 Å². The van der Waals surface area contributed by atoms with Crippen LogP contribution in [0.15, 0.2) is 0 Å². The van der Waals surface area contributed by atoms with Crippen LogP contribution < -0.4 is 4.90 Å². The Hall–Kier alpha value is -0.900. The van der Waals surface area contributed by atoms with Gasteiger partial charge in [-0.3, -0.25) is 4.79 Å². The highest BCUT2D eigenvalue weighted by Crippen LogP contribution is 2.39. The van der Waals surface area contributed by atoms with Gasteiger partial charge in [-0.2, -0.15) is 0 Å². The minimum Gasteiger partial charge on any atom is -0.351 e. The van der Waals surface area contributed by atoms with Crippen LogP contribution in [0.4, 0.5) is 5.13 Å². The molecule has 0 radical (unpaired) electrons. The molecule has 2 aliphatic rings. The molecule has 0 unspecified atom stereocenters. The van der Waals surface area contributed by atoms with Gasteiger partial charge in [-0.25, -0.2) is 4.98 Å². The first kappa shape index (κ1) is 13.1. The molecule has 1 heterocycles. The van der Waals surface area contributed by atoms with E-state index in [1.807, 2.05) is 0 Å². The summed E-state index contributed by atoms with van der Waals surface area (Å²) < 4.78 is 0. The maximum absolute atomic E-state index is 12.2. The largest absolute Gasteiger partial charge is 0.351 e. The third-order valence-electron chi connectivity index (χ3n) is 4.31. The van der Waals surface area contributed by atoms with Gasteiger partial charge >= 0.3 is 0 Å². The van der Waals surface area contributed by atoms with E-state index in [0.29, 0.717) is 6.42 Å². The molecule has 0 aliphatic heterocycles. The van der Waals surface area contributed by atoms with Gasteiger partial charge in [-0.1, -0.05) is 31.6 Å². The number of carbonyl (C=O) groups is 1. The summed E-state index contributed by atoms with van der Waals surface area (Å²) in [6.07, 6.45) is 5.66. The molecule has 1 fully saturated rings. The highest BCUT2D eigenvalue weighted by Gasteiger charge is 2.34. The average Bonchev–Trinajstić information content (AvgIpc) is 2.65. The van der Waals surface area contributed by atoms with Gasteiger partial charge in [0.05, 0.1) is 10.6 Å². The summed E-state index contributed by atoms with van der Waals surface area (Å²) in [5.41, 5.74) is 1.10. The molecule has 3 rings (SSSR count). The van der Waals surface area contributed by atoms with Gasteiger partial charge in [0.15, 0.2) is 10.9 Å². The van der Waals surface area contributed by atoms with Crippen molar-refractivity contribution in [3.63, 3.8) is 0 Å². The third-order valence-corrected chi connectivity index (χ3v) is 5.56. The molecule has 0 amide bonds. The molecule has 0 atom stereocenters. The summed E-state index contributed by atoms with van der Waals surface area (Å²) in [5.74, 6) is 1.12. The van der Waals surface area contributed by atoms with Crippen LogP contribution in [0.3, 0.4) is 0 Å². The van der Waals surface area contributed by atoms with Gasteiger partial charge < -0.3 is 4.90 Å². The number of Topliss-reactive ketones (excluding diaryl/α,β-unsaturated/α-hetero) is 1. The minimum absolute atomic E-state index is 0.0714. The molecule has 3 nitrogen and oxygen atoms in total. The SMILES string of the molecule is CN(CC1CCC1)c1nc2c(s1)C(=O)CC(C)(C)C2. The number of hydrogen-bond donors (Lipinski definition) is 0. The van der Waals surface area contributed by atoms with Gasteiger partial charge in [0, 0.05) is 20.0 Å². The number of anilines is 1. The van der Waals surface area contributed by atoms with E-state index in [9.17, 15) is 4.79 Å². The van der Waals surface area contributed by atoms with Crippen LogP contribution >= 0.6 is 11.3 Å². The Balaban J connectivity index is 1.79. The number of ketones is 1. The third kappa shape index (κ3) is 2.55. The molecule has 0 aromatic carbocycles. The summed E-state index contributed by atoms with van der Waals surface area (Å²) in [6.45, 7) is 5.40. The van der Waals surface area contributed by atoms with E-state index in [-0.39, 0.29) is 11.2 Å². The predicted octanol–water partition coefficient (Wildman–Crippen LogP) is 3.53. The summed E-state index contributed by atoms with van der Waals surface area (Å²) in [4.78, 5) is 20.1. The highest BCUT2D eigenvalue weighted by atomic mass is 32.1. The van der Waals surface area contributed by atoms with Gasteiger partial charge in [0.25, 0.3) is 0 Å². The molecule has 0 bridgehead atoms. The van der Waals surface area contributed by atoms with Crippen LogP contribution in [0.2, 0.25) is 0 Å². The highest BCUT2D eigenvalue weighted by molar-refractivity contribution is 7.17. The molecule has 1 aromatic rings. The molecule has 1 saturated carbocycles. The van der Waals surface area contributed by atoms with Crippen molar-refractivity contribution in [1.29, 1.82) is 0 Å². The number of carbonyl (C=O) groups excluding carboxylic acids is 1. The van der Waals surface area contributed by atoms with Gasteiger partial charge in [-0.15, -0.1) is 0 Å². The van der Waals surface area contributed by atoms with Crippen LogP contribution in [0.25, 0.3) is 0 Å². The quantitative estimate of drug-likeness (QED) is 0.848. The zero-order chi connectivity index (χ0) is 13.6. The van der Waals surface area contributed by atoms with Crippen molar-refractivity contribution in [3.8, 4) is 0 Å². The lowest BCUT2D eigenvalue weighted by Crippen LogP contribution is -2.29. The second-order valence-corrected chi connectivity index (χ2v) is 7.87. The predicted molar refractivity (Wildman–Crippen MR) is 79.2 cm³/mol. The number of nitrogens with zero attached hydrogens (tertiary/aromatic N) is 2. The maximum Gasteiger partial charge on any atom is 0.185 e. The van der Waals surface area contributed by atoms with Gasteiger partial charge in [-0.05, 0) is 30.6 Å². The number of thiazole rings is 1. The van der Waals surface area contributed by atoms with Crippen LogP contribution in [-0.4, -0.2) is 24.4 Å². The topological polar surface area (TPSA) is 33.2 Å². The first-order valence-corrected chi connectivity index (χ1v) is 8.00. The molecule has 4 heteroatoms. The minimum atomic E-state index is 0.0714. The lowest BCUT2D eigenvalue weighted by Gasteiger charge is -2.29. The van der Waals surface area contributed by atoms with E-state index >= 15 is 0 Å². The Morgan fingerprint density at radius 3 is 2.74 bits per heavy atom. The van der Waals surface area contributed by atoms with Crippen molar-refractivity contribution < 1.29 is 4.79 Å². The van der Waals surface area contributed by atoms with Crippen molar-refractivity contribution in [2.75, 3.05) is 18.5 Å². The van der Waals surface area contributed by atoms with Crippen LogP contribution in [0, 0.1) is 11.3 Å². The fraction of sp³-hybridized carbons (Fsp3) is 0.733. The normalized spacial score (nSPS) is 21.9. The van der Waals surface area contributed by atoms with E-state index in [1.54, 1.807) is 11.3 Å². The summed E-state index contributed by atoms with van der Waals surface area (Å²) >= 11 is 1.59. The van der Waals surface area contributed by atoms with Crippen molar-refractivity contribution in [3.05, 3.63) is 10.6 Å². The number of aromatic nitrogens is 1. The smallest absolute Gasteiger partial charge is 0.185 e. The number of hydrogen-bond acceptors (Lipinski definition) is 4. The van der Waals surface area contributed by atoms with Crippen LogP contribution in [0.5, 0.6) is 0 Å². The molecular formula is C15H22N2OS. The van der Waals surface area contributed by atoms with E-state index in [0.717, 1.165) is 34.6 Å². The van der Waals surface area contributed by atoms with E-state index in [2.05, 4.69) is 25.8 Å². The number of fused-ring (bicyclic) bond motifs is 1. The molecule has 1 aromatic heterocycles. The molecule has 104 valence electrons. The summed E-state index contributed by atoms with van der Waals surface area (Å²) in [6, 6.07) is 0. The molecule has 0 saturated heterocycles. The lowest BCUT2D eigenvalue weighted by molar-refractivity contribution is 0.0916. The molecule has 0 N–H and O–H groups in total. The molecule has 0 spiro atoms. The second kappa shape index (κ2) is 4.58. The lowest BCUT2D eigenvalue weighted by atomic mass is 9.78. The maximum atomic E-state index is 12.2. The summed E-state index contributed by atoms with van der Waals surface area (Å²) in [7, 11) is 2.11. The zero-order valence-electron chi connectivity index (χ0n) is 12.0. The Kier molecular flexibility index (Phi) is 3.16. The van der Waals surface area contributed by atoms with Crippen molar-refractivity contribution >= 4 is 22.3 Å². The Morgan fingerprint density at radius 1 is 1.37 bits per heavy atom. The standard InChI is InChI=1S/C15H22N2OS/c1-15(2)7-11-13(12(18)8-15)19-14(16-11)17(3)9-10-5-4-6-10/h10H,4-9H2,1-3H3. The molecular weight excluding hydrogens is 256 g/mol. The molecule has 19 heavy (non-hydrogen) atoms. The average molecular weight is 278 g/mol. The van der Waals surface area contributed by atoms with Crippen molar-refractivity contribution in [2.45, 2.75) is 46.0 Å².